The molecular formula is C22H27NO5. The fraction of sp³-hybridized carbons (Fsp3) is 0.364. The summed E-state index contributed by atoms with van der Waals surface area (Å²) in [5.74, 6) is 0.801. The molecule has 2 rings (SSSR count). The Bertz CT molecular complexity index is 776. The Morgan fingerprint density at radius 3 is 2.36 bits per heavy atom. The summed E-state index contributed by atoms with van der Waals surface area (Å²) < 4.78 is 15.7. The van der Waals surface area contributed by atoms with Gasteiger partial charge >= 0.3 is 5.97 Å². The number of methoxy groups -OCH3 is 2. The van der Waals surface area contributed by atoms with Gasteiger partial charge in [0.15, 0.2) is 17.3 Å². The Labute approximate surface area is 165 Å². The number of benzene rings is 2. The van der Waals surface area contributed by atoms with Crippen LogP contribution in [0.15, 0.2) is 48.5 Å². The van der Waals surface area contributed by atoms with Gasteiger partial charge in [0.1, 0.15) is 6.04 Å². The summed E-state index contributed by atoms with van der Waals surface area (Å²) in [5.41, 5.74) is 1.61. The maximum Gasteiger partial charge on any atom is 0.323 e. The van der Waals surface area contributed by atoms with Crippen molar-refractivity contribution in [3.8, 4) is 11.5 Å². The average Bonchev–Trinajstić information content (AvgIpc) is 2.73. The minimum absolute atomic E-state index is 0.0504. The zero-order chi connectivity index (χ0) is 20.4. The van der Waals surface area contributed by atoms with E-state index in [0.29, 0.717) is 30.0 Å². The highest BCUT2D eigenvalue weighted by Gasteiger charge is 2.23. The molecule has 6 nitrogen and oxygen atoms in total. The van der Waals surface area contributed by atoms with Crippen molar-refractivity contribution in [3.05, 3.63) is 59.7 Å². The van der Waals surface area contributed by atoms with E-state index in [4.69, 9.17) is 14.2 Å². The molecule has 0 aliphatic rings. The Morgan fingerprint density at radius 1 is 1.00 bits per heavy atom. The smallest absolute Gasteiger partial charge is 0.323 e. The molecule has 0 bridgehead atoms. The average molecular weight is 385 g/mol. The third-order valence-corrected chi connectivity index (χ3v) is 4.31. The van der Waals surface area contributed by atoms with E-state index in [0.717, 1.165) is 5.56 Å². The minimum Gasteiger partial charge on any atom is -0.493 e. The van der Waals surface area contributed by atoms with Crippen LogP contribution in [0.25, 0.3) is 0 Å². The van der Waals surface area contributed by atoms with Crippen molar-refractivity contribution in [3.63, 3.8) is 0 Å². The highest BCUT2D eigenvalue weighted by atomic mass is 16.5. The van der Waals surface area contributed by atoms with Gasteiger partial charge < -0.3 is 19.5 Å². The largest absolute Gasteiger partial charge is 0.493 e. The van der Waals surface area contributed by atoms with E-state index >= 15 is 0 Å². The monoisotopic (exact) mass is 385 g/mol. The van der Waals surface area contributed by atoms with Crippen LogP contribution >= 0.6 is 0 Å². The summed E-state index contributed by atoms with van der Waals surface area (Å²) in [5, 5.41) is 3.15. The molecule has 0 aromatic heterocycles. The predicted molar refractivity (Wildman–Crippen MR) is 107 cm³/mol. The van der Waals surface area contributed by atoms with E-state index in [1.807, 2.05) is 24.3 Å². The van der Waals surface area contributed by atoms with Crippen LogP contribution in [0.4, 0.5) is 0 Å². The SMILES string of the molecule is CCOC(=O)[C@@H](CC(=O)c1ccccc1)NCCc1ccc(OC)c(OC)c1. The molecule has 0 fully saturated rings. The lowest BCUT2D eigenvalue weighted by Gasteiger charge is -2.17. The van der Waals surface area contributed by atoms with Gasteiger partial charge in [-0.15, -0.1) is 0 Å². The predicted octanol–water partition coefficient (Wildman–Crippen LogP) is 3.04. The van der Waals surface area contributed by atoms with Crippen molar-refractivity contribution in [1.82, 2.24) is 5.32 Å². The molecule has 150 valence electrons. The summed E-state index contributed by atoms with van der Waals surface area (Å²) in [7, 11) is 3.18. The molecule has 28 heavy (non-hydrogen) atoms. The Balaban J connectivity index is 1.99. The molecule has 1 atom stereocenters. The molecular weight excluding hydrogens is 358 g/mol. The fourth-order valence-corrected chi connectivity index (χ4v) is 2.84. The second kappa shape index (κ2) is 11.1. The van der Waals surface area contributed by atoms with Crippen LogP contribution in [-0.2, 0) is 16.0 Å². The van der Waals surface area contributed by atoms with E-state index < -0.39 is 12.0 Å². The first kappa shape index (κ1) is 21.4. The lowest BCUT2D eigenvalue weighted by molar-refractivity contribution is -0.145. The quantitative estimate of drug-likeness (QED) is 0.473. The summed E-state index contributed by atoms with van der Waals surface area (Å²) in [6.07, 6.45) is 0.713. The Hall–Kier alpha value is -2.86. The van der Waals surface area contributed by atoms with E-state index in [1.54, 1.807) is 45.4 Å². The minimum atomic E-state index is -0.687. The number of carbonyl (C=O) groups excluding carboxylic acids is 2. The zero-order valence-electron chi connectivity index (χ0n) is 16.6. The van der Waals surface area contributed by atoms with Crippen LogP contribution in [0, 0.1) is 0 Å². The molecule has 0 aliphatic heterocycles. The van der Waals surface area contributed by atoms with Crippen LogP contribution in [0.1, 0.15) is 29.3 Å². The van der Waals surface area contributed by atoms with Gasteiger partial charge in [0.25, 0.3) is 0 Å². The van der Waals surface area contributed by atoms with E-state index in [-0.39, 0.29) is 18.8 Å². The van der Waals surface area contributed by atoms with Crippen LogP contribution in [0.2, 0.25) is 0 Å². The van der Waals surface area contributed by atoms with Gasteiger partial charge in [-0.25, -0.2) is 0 Å². The van der Waals surface area contributed by atoms with Crippen molar-refractivity contribution >= 4 is 11.8 Å². The number of hydrogen-bond donors (Lipinski definition) is 1. The maximum atomic E-state index is 12.5. The second-order valence-electron chi connectivity index (χ2n) is 6.19. The molecule has 0 saturated heterocycles. The van der Waals surface area contributed by atoms with E-state index in [1.165, 1.54) is 0 Å². The zero-order valence-corrected chi connectivity index (χ0v) is 16.6. The molecule has 2 aromatic carbocycles. The van der Waals surface area contributed by atoms with Crippen LogP contribution in [0.3, 0.4) is 0 Å². The third kappa shape index (κ3) is 6.09. The normalized spacial score (nSPS) is 11.5. The summed E-state index contributed by atoms with van der Waals surface area (Å²) in [6, 6.07) is 13.9. The molecule has 0 spiro atoms. The molecule has 0 unspecified atom stereocenters. The molecule has 1 N–H and O–H groups in total. The Kier molecular flexibility index (Phi) is 8.49. The van der Waals surface area contributed by atoms with Crippen LogP contribution in [-0.4, -0.2) is 45.2 Å². The molecule has 0 amide bonds. The molecule has 0 radical (unpaired) electrons. The molecule has 0 heterocycles. The first-order chi connectivity index (χ1) is 13.6. The van der Waals surface area contributed by atoms with Gasteiger partial charge in [0.2, 0.25) is 0 Å². The maximum absolute atomic E-state index is 12.5. The van der Waals surface area contributed by atoms with Gasteiger partial charge in [0.05, 0.1) is 20.8 Å². The van der Waals surface area contributed by atoms with Crippen LogP contribution in [0.5, 0.6) is 11.5 Å². The lowest BCUT2D eigenvalue weighted by Crippen LogP contribution is -2.40. The summed E-state index contributed by atoms with van der Waals surface area (Å²) >= 11 is 0. The molecule has 2 aromatic rings. The van der Waals surface area contributed by atoms with Crippen molar-refractivity contribution in [1.29, 1.82) is 0 Å². The topological polar surface area (TPSA) is 73.9 Å². The summed E-state index contributed by atoms with van der Waals surface area (Å²) in [4.78, 5) is 24.7. The Morgan fingerprint density at radius 2 is 1.71 bits per heavy atom. The molecule has 6 heteroatoms. The van der Waals surface area contributed by atoms with Gasteiger partial charge in [-0.1, -0.05) is 36.4 Å². The number of Topliss-reactive ketones (excluding diaryl/α,β-unsaturated/α-hetero) is 1. The lowest BCUT2D eigenvalue weighted by atomic mass is 10.0. The standard InChI is InChI=1S/C22H27NO5/c1-4-28-22(25)18(15-19(24)17-8-6-5-7-9-17)23-13-12-16-10-11-20(26-2)21(14-16)27-3/h5-11,14,18,23H,4,12-13,15H2,1-3H3/t18-/m1/s1. The van der Waals surface area contributed by atoms with Gasteiger partial charge in [-0.3, -0.25) is 9.59 Å². The molecule has 0 aliphatic carbocycles. The number of hydrogen-bond acceptors (Lipinski definition) is 6. The second-order valence-corrected chi connectivity index (χ2v) is 6.19. The van der Waals surface area contributed by atoms with Gasteiger partial charge in [0, 0.05) is 12.0 Å². The number of esters is 1. The van der Waals surface area contributed by atoms with Crippen molar-refractivity contribution in [2.45, 2.75) is 25.8 Å². The van der Waals surface area contributed by atoms with E-state index in [2.05, 4.69) is 5.32 Å². The van der Waals surface area contributed by atoms with Crippen molar-refractivity contribution < 1.29 is 23.8 Å². The van der Waals surface area contributed by atoms with Crippen LogP contribution < -0.4 is 14.8 Å². The van der Waals surface area contributed by atoms with Gasteiger partial charge in [-0.05, 0) is 37.6 Å². The first-order valence-electron chi connectivity index (χ1n) is 9.28. The van der Waals surface area contributed by atoms with Crippen molar-refractivity contribution in [2.75, 3.05) is 27.4 Å². The fourth-order valence-electron chi connectivity index (χ4n) is 2.84. The first-order valence-corrected chi connectivity index (χ1v) is 9.28. The highest BCUT2D eigenvalue weighted by molar-refractivity contribution is 5.98. The number of carbonyl (C=O) groups is 2. The van der Waals surface area contributed by atoms with Crippen molar-refractivity contribution in [2.24, 2.45) is 0 Å². The number of rotatable bonds is 11. The summed E-state index contributed by atoms with van der Waals surface area (Å²) in [6.45, 7) is 2.53. The number of nitrogens with one attached hydrogen (secondary N) is 1. The third-order valence-electron chi connectivity index (χ3n) is 4.31. The van der Waals surface area contributed by atoms with E-state index in [9.17, 15) is 9.59 Å². The highest BCUT2D eigenvalue weighted by Crippen LogP contribution is 2.27. The molecule has 0 saturated carbocycles. The number of ether oxygens (including phenoxy) is 3. The van der Waals surface area contributed by atoms with Gasteiger partial charge in [-0.2, -0.15) is 0 Å². The number of ketones is 1.